The second kappa shape index (κ2) is 14.0. The maximum absolute atomic E-state index is 12.7. The number of rotatable bonds is 13. The van der Waals surface area contributed by atoms with Crippen LogP contribution in [-0.4, -0.2) is 71.9 Å². The highest BCUT2D eigenvalue weighted by Gasteiger charge is 2.28. The van der Waals surface area contributed by atoms with Gasteiger partial charge in [-0.1, -0.05) is 11.6 Å². The minimum Gasteiger partial charge on any atom is -0.349 e. The van der Waals surface area contributed by atoms with Crippen LogP contribution in [0.15, 0.2) is 24.3 Å². The van der Waals surface area contributed by atoms with Crippen molar-refractivity contribution in [3.63, 3.8) is 0 Å². The van der Waals surface area contributed by atoms with Gasteiger partial charge in [0.1, 0.15) is 6.54 Å². The zero-order chi connectivity index (χ0) is 26.6. The normalized spacial score (nSPS) is 11.1. The second-order valence-electron chi connectivity index (χ2n) is 7.68. The topological polar surface area (TPSA) is 130 Å². The highest BCUT2D eigenvalue weighted by molar-refractivity contribution is 5.94. The Labute approximate surface area is 205 Å². The molecule has 0 saturated heterocycles. The number of benzene rings is 1. The molecule has 0 radical (unpaired) electrons. The molecule has 0 bridgehead atoms. The van der Waals surface area contributed by atoms with E-state index in [-0.39, 0.29) is 30.4 Å². The smallest absolute Gasteiger partial charge is 0.349 e. The lowest BCUT2D eigenvalue weighted by atomic mass is 10.1. The average Bonchev–Trinajstić information content (AvgIpc) is 3.26. The van der Waals surface area contributed by atoms with Gasteiger partial charge >= 0.3 is 12.2 Å². The lowest BCUT2D eigenvalue weighted by Gasteiger charge is -2.11. The van der Waals surface area contributed by atoms with Gasteiger partial charge in [0.25, 0.3) is 11.8 Å². The third kappa shape index (κ3) is 9.15. The molecule has 4 N–H and O–H groups in total. The average molecular weight is 516 g/mol. The van der Waals surface area contributed by atoms with Gasteiger partial charge in [0.15, 0.2) is 5.69 Å². The van der Waals surface area contributed by atoms with Gasteiger partial charge in [0.05, 0.1) is 18.1 Å². The number of amides is 4. The number of alkyl halides is 4. The van der Waals surface area contributed by atoms with Gasteiger partial charge < -0.3 is 21.3 Å². The molecule has 14 heteroatoms. The lowest BCUT2D eigenvalue weighted by molar-refractivity contribution is -0.123. The third-order valence-electron chi connectivity index (χ3n) is 4.88. The van der Waals surface area contributed by atoms with Crippen molar-refractivity contribution in [1.82, 2.24) is 36.3 Å². The van der Waals surface area contributed by atoms with E-state index in [0.717, 1.165) is 0 Å². The third-order valence-corrected chi connectivity index (χ3v) is 4.88. The van der Waals surface area contributed by atoms with E-state index in [1.807, 2.05) is 0 Å². The van der Waals surface area contributed by atoms with Crippen LogP contribution in [-0.2, 0) is 6.42 Å². The largest absolute Gasteiger partial charge is 0.405 e. The van der Waals surface area contributed by atoms with Crippen LogP contribution in [0.2, 0.25) is 0 Å². The predicted molar refractivity (Wildman–Crippen MR) is 123 cm³/mol. The SMILES string of the molecule is CCNC(=O)NCCNC(=O)c1nnn(-c2ccc(C(=O)NCC(F)(F)F)cc2)c1CCCCCF. The molecule has 0 atom stereocenters. The fraction of sp³-hybridized carbons (Fsp3) is 0.500. The summed E-state index contributed by atoms with van der Waals surface area (Å²) >= 11 is 0. The van der Waals surface area contributed by atoms with E-state index in [4.69, 9.17) is 0 Å². The Hall–Kier alpha value is -3.71. The Bertz CT molecular complexity index is 1010. The molecule has 1 aromatic heterocycles. The van der Waals surface area contributed by atoms with Gasteiger partial charge in [-0.25, -0.2) is 9.48 Å². The molecule has 36 heavy (non-hydrogen) atoms. The number of urea groups is 1. The monoisotopic (exact) mass is 515 g/mol. The minimum absolute atomic E-state index is 0.0187. The maximum Gasteiger partial charge on any atom is 0.405 e. The molecule has 1 aromatic carbocycles. The Kier molecular flexibility index (Phi) is 11.1. The van der Waals surface area contributed by atoms with E-state index in [0.29, 0.717) is 43.6 Å². The molecule has 4 amide bonds. The van der Waals surface area contributed by atoms with Crippen molar-refractivity contribution in [3.8, 4) is 5.69 Å². The Morgan fingerprint density at radius 2 is 1.61 bits per heavy atom. The molecule has 198 valence electrons. The van der Waals surface area contributed by atoms with Gasteiger partial charge in [-0.2, -0.15) is 13.2 Å². The van der Waals surface area contributed by atoms with Crippen LogP contribution >= 0.6 is 0 Å². The molecule has 2 aromatic rings. The van der Waals surface area contributed by atoms with Crippen molar-refractivity contribution in [1.29, 1.82) is 0 Å². The molecular formula is C22H29F4N7O3. The van der Waals surface area contributed by atoms with Crippen molar-refractivity contribution >= 4 is 17.8 Å². The summed E-state index contributed by atoms with van der Waals surface area (Å²) in [5.74, 6) is -1.40. The Morgan fingerprint density at radius 1 is 0.917 bits per heavy atom. The second-order valence-corrected chi connectivity index (χ2v) is 7.68. The lowest BCUT2D eigenvalue weighted by Crippen LogP contribution is -2.40. The van der Waals surface area contributed by atoms with Crippen LogP contribution in [0.4, 0.5) is 22.4 Å². The Morgan fingerprint density at radius 3 is 2.25 bits per heavy atom. The first-order valence-electron chi connectivity index (χ1n) is 11.4. The fourth-order valence-corrected chi connectivity index (χ4v) is 3.17. The zero-order valence-corrected chi connectivity index (χ0v) is 19.8. The van der Waals surface area contributed by atoms with Crippen molar-refractivity contribution in [2.45, 2.75) is 38.8 Å². The van der Waals surface area contributed by atoms with Crippen molar-refractivity contribution in [2.24, 2.45) is 0 Å². The van der Waals surface area contributed by atoms with Crippen molar-refractivity contribution in [3.05, 3.63) is 41.2 Å². The summed E-state index contributed by atoms with van der Waals surface area (Å²) < 4.78 is 50.9. The summed E-state index contributed by atoms with van der Waals surface area (Å²) in [6, 6.07) is 5.26. The first kappa shape index (κ1) is 28.5. The summed E-state index contributed by atoms with van der Waals surface area (Å²) in [6.07, 6.45) is -2.65. The first-order chi connectivity index (χ1) is 17.2. The number of hydrogen-bond acceptors (Lipinski definition) is 5. The van der Waals surface area contributed by atoms with E-state index in [1.165, 1.54) is 28.9 Å². The number of nitrogens with one attached hydrogen (secondary N) is 4. The van der Waals surface area contributed by atoms with E-state index < -0.39 is 31.2 Å². The fourth-order valence-electron chi connectivity index (χ4n) is 3.17. The highest BCUT2D eigenvalue weighted by Crippen LogP contribution is 2.18. The molecule has 1 heterocycles. The van der Waals surface area contributed by atoms with E-state index in [9.17, 15) is 31.9 Å². The van der Waals surface area contributed by atoms with Gasteiger partial charge in [0, 0.05) is 25.2 Å². The standard InChI is InChI=1S/C22H29F4N7O3/c1-2-27-21(36)29-13-12-28-20(35)18-17(6-4-3-5-11-23)33(32-31-18)16-9-7-15(8-10-16)19(34)30-14-22(24,25)26/h7-10H,2-6,11-14H2,1H3,(H,28,35)(H,30,34)(H2,27,29,36). The van der Waals surface area contributed by atoms with Gasteiger partial charge in [-0.05, 0) is 50.5 Å². The molecule has 0 fully saturated rings. The van der Waals surface area contributed by atoms with Crippen molar-refractivity contribution < 1.29 is 31.9 Å². The van der Waals surface area contributed by atoms with Gasteiger partial charge in [0.2, 0.25) is 0 Å². The molecule has 2 rings (SSSR count). The molecular weight excluding hydrogens is 486 g/mol. The van der Waals surface area contributed by atoms with Crippen LogP contribution in [0.3, 0.4) is 0 Å². The molecule has 0 aliphatic carbocycles. The number of hydrogen-bond donors (Lipinski definition) is 4. The molecule has 0 unspecified atom stereocenters. The summed E-state index contributed by atoms with van der Waals surface area (Å²) in [5, 5.41) is 17.6. The predicted octanol–water partition coefficient (Wildman–Crippen LogP) is 2.29. The maximum atomic E-state index is 12.7. The molecule has 0 saturated carbocycles. The first-order valence-corrected chi connectivity index (χ1v) is 11.4. The van der Waals surface area contributed by atoms with Crippen LogP contribution < -0.4 is 21.3 Å². The molecule has 0 aliphatic heterocycles. The van der Waals surface area contributed by atoms with Crippen LogP contribution in [0.1, 0.15) is 52.7 Å². The number of halogens is 4. The number of carbonyl (C=O) groups excluding carboxylic acids is 3. The van der Waals surface area contributed by atoms with Gasteiger partial charge in [-0.3, -0.25) is 14.0 Å². The number of unbranched alkanes of at least 4 members (excludes halogenated alkanes) is 2. The van der Waals surface area contributed by atoms with Crippen molar-refractivity contribution in [2.75, 3.05) is 32.9 Å². The molecule has 10 nitrogen and oxygen atoms in total. The Balaban J connectivity index is 2.13. The molecule has 0 aliphatic rings. The molecule has 0 spiro atoms. The van der Waals surface area contributed by atoms with Crippen LogP contribution in [0.5, 0.6) is 0 Å². The number of aromatic nitrogens is 3. The number of carbonyl (C=O) groups is 3. The number of nitrogens with zero attached hydrogens (tertiary/aromatic N) is 3. The van der Waals surface area contributed by atoms with Crippen LogP contribution in [0.25, 0.3) is 5.69 Å². The summed E-state index contributed by atoms with van der Waals surface area (Å²) in [6.45, 7) is 0.669. The van der Waals surface area contributed by atoms with Gasteiger partial charge in [-0.15, -0.1) is 5.10 Å². The van der Waals surface area contributed by atoms with E-state index in [2.05, 4.69) is 26.3 Å². The van der Waals surface area contributed by atoms with E-state index >= 15 is 0 Å². The van der Waals surface area contributed by atoms with Crippen LogP contribution in [0, 0.1) is 0 Å². The summed E-state index contributed by atoms with van der Waals surface area (Å²) in [7, 11) is 0. The highest BCUT2D eigenvalue weighted by atomic mass is 19.4. The minimum atomic E-state index is -4.53. The van der Waals surface area contributed by atoms with E-state index in [1.54, 1.807) is 12.2 Å². The summed E-state index contributed by atoms with van der Waals surface area (Å²) in [4.78, 5) is 36.1. The quantitative estimate of drug-likeness (QED) is 0.240. The summed E-state index contributed by atoms with van der Waals surface area (Å²) in [5.41, 5.74) is 0.968. The zero-order valence-electron chi connectivity index (χ0n) is 19.8.